The maximum atomic E-state index is 5.57. The van der Waals surface area contributed by atoms with Gasteiger partial charge in [0.15, 0.2) is 0 Å². The van der Waals surface area contributed by atoms with Gasteiger partial charge in [-0.1, -0.05) is 37.3 Å². The van der Waals surface area contributed by atoms with Crippen LogP contribution in [0.15, 0.2) is 30.3 Å². The van der Waals surface area contributed by atoms with Crippen molar-refractivity contribution in [1.82, 2.24) is 4.90 Å². The molecule has 0 fully saturated rings. The molecule has 0 aliphatic carbocycles. The summed E-state index contributed by atoms with van der Waals surface area (Å²) in [6.45, 7) is 10.2. The van der Waals surface area contributed by atoms with Crippen LogP contribution in [0.3, 0.4) is 0 Å². The molecule has 0 N–H and O–H groups in total. The van der Waals surface area contributed by atoms with Crippen molar-refractivity contribution in [2.75, 3.05) is 19.7 Å². The van der Waals surface area contributed by atoms with Crippen LogP contribution in [0.1, 0.15) is 26.3 Å². The Kier molecular flexibility index (Phi) is 6.12. The number of hydrogen-bond donors (Lipinski definition) is 0. The maximum Gasteiger partial charge on any atom is 0.0597 e. The highest BCUT2D eigenvalue weighted by molar-refractivity contribution is 5.14. The van der Waals surface area contributed by atoms with Gasteiger partial charge in [0.1, 0.15) is 0 Å². The molecule has 1 rings (SSSR count). The van der Waals surface area contributed by atoms with Crippen LogP contribution in [0.5, 0.6) is 0 Å². The Hall–Kier alpha value is -0.860. The molecule has 0 aliphatic rings. The van der Waals surface area contributed by atoms with E-state index in [-0.39, 0.29) is 0 Å². The van der Waals surface area contributed by atoms with Gasteiger partial charge in [-0.25, -0.2) is 0 Å². The topological polar surface area (TPSA) is 12.5 Å². The minimum absolute atomic E-state index is 0.329. The summed E-state index contributed by atoms with van der Waals surface area (Å²) in [5.74, 6) is 0. The molecule has 2 heteroatoms. The molecule has 0 spiro atoms. The first-order chi connectivity index (χ1) is 7.72. The molecule has 0 saturated heterocycles. The fourth-order valence-electron chi connectivity index (χ4n) is 1.61. The van der Waals surface area contributed by atoms with Crippen molar-refractivity contribution in [3.05, 3.63) is 35.9 Å². The minimum atomic E-state index is 0.329. The van der Waals surface area contributed by atoms with Crippen LogP contribution < -0.4 is 0 Å². The van der Waals surface area contributed by atoms with Crippen molar-refractivity contribution >= 4 is 0 Å². The summed E-state index contributed by atoms with van der Waals surface area (Å²) in [5, 5.41) is 0. The van der Waals surface area contributed by atoms with Gasteiger partial charge in [-0.15, -0.1) is 0 Å². The molecular weight excluding hydrogens is 198 g/mol. The maximum absolute atomic E-state index is 5.57. The summed E-state index contributed by atoms with van der Waals surface area (Å²) in [4.78, 5) is 2.40. The lowest BCUT2D eigenvalue weighted by atomic mass is 10.2. The van der Waals surface area contributed by atoms with Crippen LogP contribution >= 0.6 is 0 Å². The van der Waals surface area contributed by atoms with Crippen LogP contribution in [0.25, 0.3) is 0 Å². The number of benzene rings is 1. The molecule has 0 unspecified atom stereocenters. The molecule has 0 heterocycles. The largest absolute Gasteiger partial charge is 0.377 e. The van der Waals surface area contributed by atoms with Gasteiger partial charge in [0.25, 0.3) is 0 Å². The van der Waals surface area contributed by atoms with Crippen LogP contribution in [0.4, 0.5) is 0 Å². The van der Waals surface area contributed by atoms with Crippen LogP contribution in [0, 0.1) is 0 Å². The van der Waals surface area contributed by atoms with Gasteiger partial charge in [-0.05, 0) is 26.0 Å². The molecule has 1 aromatic carbocycles. The predicted octanol–water partition coefficient (Wildman–Crippen LogP) is 2.93. The first-order valence-corrected chi connectivity index (χ1v) is 6.10. The lowest BCUT2D eigenvalue weighted by Gasteiger charge is -2.21. The number of hydrogen-bond acceptors (Lipinski definition) is 2. The average molecular weight is 221 g/mol. The number of nitrogens with zero attached hydrogens (tertiary/aromatic N) is 1. The second-order valence-corrected chi connectivity index (χ2v) is 4.27. The van der Waals surface area contributed by atoms with E-state index in [9.17, 15) is 0 Å². The van der Waals surface area contributed by atoms with Gasteiger partial charge in [0.05, 0.1) is 12.7 Å². The first kappa shape index (κ1) is 13.2. The second-order valence-electron chi connectivity index (χ2n) is 4.27. The summed E-state index contributed by atoms with van der Waals surface area (Å²) >= 11 is 0. The van der Waals surface area contributed by atoms with Crippen LogP contribution in [-0.2, 0) is 11.3 Å². The third-order valence-corrected chi connectivity index (χ3v) is 2.55. The molecule has 2 nitrogen and oxygen atoms in total. The van der Waals surface area contributed by atoms with Crippen molar-refractivity contribution < 1.29 is 4.74 Å². The summed E-state index contributed by atoms with van der Waals surface area (Å²) in [6.07, 6.45) is 0.329. The van der Waals surface area contributed by atoms with Crippen LogP contribution in [-0.4, -0.2) is 30.7 Å². The predicted molar refractivity (Wildman–Crippen MR) is 68.5 cm³/mol. The standard InChI is InChI=1S/C14H23NO/c1-4-15(10-11-16-13(2)3)12-14-8-6-5-7-9-14/h5-9,13H,4,10-12H2,1-3H3. The average Bonchev–Trinajstić information content (AvgIpc) is 2.28. The highest BCUT2D eigenvalue weighted by Crippen LogP contribution is 2.04. The van der Waals surface area contributed by atoms with E-state index in [1.165, 1.54) is 5.56 Å². The number of rotatable bonds is 7. The Morgan fingerprint density at radius 1 is 1.19 bits per heavy atom. The van der Waals surface area contributed by atoms with Crippen LogP contribution in [0.2, 0.25) is 0 Å². The Morgan fingerprint density at radius 2 is 1.88 bits per heavy atom. The highest BCUT2D eigenvalue weighted by Gasteiger charge is 2.03. The molecule has 0 aliphatic heterocycles. The Bertz CT molecular complexity index is 271. The van der Waals surface area contributed by atoms with Crippen molar-refractivity contribution in [3.8, 4) is 0 Å². The molecule has 0 atom stereocenters. The third kappa shape index (κ3) is 5.29. The van der Waals surface area contributed by atoms with E-state index in [1.54, 1.807) is 0 Å². The van der Waals surface area contributed by atoms with E-state index in [4.69, 9.17) is 4.74 Å². The first-order valence-electron chi connectivity index (χ1n) is 6.10. The molecule has 0 saturated carbocycles. The van der Waals surface area contributed by atoms with Crippen molar-refractivity contribution in [3.63, 3.8) is 0 Å². The van der Waals surface area contributed by atoms with Crippen molar-refractivity contribution in [2.45, 2.75) is 33.4 Å². The van der Waals surface area contributed by atoms with E-state index in [1.807, 2.05) is 0 Å². The molecule has 0 amide bonds. The molecular formula is C14H23NO. The zero-order valence-electron chi connectivity index (χ0n) is 10.6. The van der Waals surface area contributed by atoms with Crippen molar-refractivity contribution in [2.24, 2.45) is 0 Å². The number of ether oxygens (including phenoxy) is 1. The fourth-order valence-corrected chi connectivity index (χ4v) is 1.61. The zero-order valence-corrected chi connectivity index (χ0v) is 10.6. The van der Waals surface area contributed by atoms with Gasteiger partial charge < -0.3 is 4.74 Å². The fraction of sp³-hybridized carbons (Fsp3) is 0.571. The highest BCUT2D eigenvalue weighted by atomic mass is 16.5. The molecule has 0 bridgehead atoms. The smallest absolute Gasteiger partial charge is 0.0597 e. The Labute approximate surface area is 99.2 Å². The lowest BCUT2D eigenvalue weighted by Crippen LogP contribution is -2.27. The van der Waals surface area contributed by atoms with E-state index in [0.717, 1.165) is 26.2 Å². The van der Waals surface area contributed by atoms with E-state index in [2.05, 4.69) is 56.0 Å². The lowest BCUT2D eigenvalue weighted by molar-refractivity contribution is 0.0585. The minimum Gasteiger partial charge on any atom is -0.377 e. The van der Waals surface area contributed by atoms with Crippen molar-refractivity contribution in [1.29, 1.82) is 0 Å². The summed E-state index contributed by atoms with van der Waals surface area (Å²) in [7, 11) is 0. The normalized spacial score (nSPS) is 11.3. The Balaban J connectivity index is 2.32. The van der Waals surface area contributed by atoms with Gasteiger partial charge >= 0.3 is 0 Å². The summed E-state index contributed by atoms with van der Waals surface area (Å²) in [6, 6.07) is 10.6. The monoisotopic (exact) mass is 221 g/mol. The SMILES string of the molecule is CCN(CCOC(C)C)Cc1ccccc1. The van der Waals surface area contributed by atoms with Gasteiger partial charge in [-0.3, -0.25) is 4.90 Å². The molecule has 0 radical (unpaired) electrons. The van der Waals surface area contributed by atoms with Gasteiger partial charge in [-0.2, -0.15) is 0 Å². The van der Waals surface area contributed by atoms with E-state index in [0.29, 0.717) is 6.10 Å². The molecule has 1 aromatic rings. The summed E-state index contributed by atoms with van der Waals surface area (Å²) in [5.41, 5.74) is 1.37. The van der Waals surface area contributed by atoms with Gasteiger partial charge in [0, 0.05) is 13.1 Å². The molecule has 90 valence electrons. The zero-order chi connectivity index (χ0) is 11.8. The van der Waals surface area contributed by atoms with E-state index < -0.39 is 0 Å². The van der Waals surface area contributed by atoms with E-state index >= 15 is 0 Å². The summed E-state index contributed by atoms with van der Waals surface area (Å²) < 4.78 is 5.57. The second kappa shape index (κ2) is 7.42. The Morgan fingerprint density at radius 3 is 2.44 bits per heavy atom. The molecule has 0 aromatic heterocycles. The van der Waals surface area contributed by atoms with Gasteiger partial charge in [0.2, 0.25) is 0 Å². The third-order valence-electron chi connectivity index (χ3n) is 2.55. The molecule has 16 heavy (non-hydrogen) atoms. The number of likely N-dealkylation sites (N-methyl/N-ethyl adjacent to an activating group) is 1. The quantitative estimate of drug-likeness (QED) is 0.702.